The molecule has 3 rings (SSSR count). The number of benzene rings is 2. The molecule has 7 nitrogen and oxygen atoms in total. The fourth-order valence-corrected chi connectivity index (χ4v) is 4.80. The maximum absolute atomic E-state index is 12.7. The van der Waals surface area contributed by atoms with E-state index in [4.69, 9.17) is 0 Å². The van der Waals surface area contributed by atoms with Gasteiger partial charge in [0.05, 0.1) is 15.9 Å². The van der Waals surface area contributed by atoms with Crippen molar-refractivity contribution in [2.24, 2.45) is 0 Å². The Hall–Kier alpha value is -2.75. The lowest BCUT2D eigenvalue weighted by atomic mass is 10.1. The standard InChI is InChI=1S/C21H22N4O3S2/c1-14-13-29-21(23-14)30-19-10-9-16(11-17(19)25(27)28)20(26)22-12-18(24(2)3)15-7-5-4-6-8-15/h4-11,13,18H,12H2,1-3H3,(H,22,26)/t18-/m1/s1. The van der Waals surface area contributed by atoms with Crippen LogP contribution in [0.3, 0.4) is 0 Å². The SMILES string of the molecule is Cc1csc(Sc2ccc(C(=O)NC[C@H](c3ccccc3)N(C)C)cc2[N+](=O)[O-])n1. The number of carbonyl (C=O) groups is 1. The summed E-state index contributed by atoms with van der Waals surface area (Å²) in [4.78, 5) is 30.6. The number of aromatic nitrogens is 1. The monoisotopic (exact) mass is 442 g/mol. The number of nitrogens with one attached hydrogen (secondary N) is 1. The molecule has 1 aromatic heterocycles. The van der Waals surface area contributed by atoms with E-state index in [1.165, 1.54) is 29.2 Å². The zero-order chi connectivity index (χ0) is 21.7. The highest BCUT2D eigenvalue weighted by Gasteiger charge is 2.21. The smallest absolute Gasteiger partial charge is 0.284 e. The Kier molecular flexibility index (Phi) is 7.20. The van der Waals surface area contributed by atoms with Crippen molar-refractivity contribution >= 4 is 34.7 Å². The Morgan fingerprint density at radius 3 is 2.60 bits per heavy atom. The van der Waals surface area contributed by atoms with E-state index in [0.717, 1.165) is 15.6 Å². The average molecular weight is 443 g/mol. The third-order valence-electron chi connectivity index (χ3n) is 4.48. The van der Waals surface area contributed by atoms with E-state index < -0.39 is 4.92 Å². The van der Waals surface area contributed by atoms with Crippen LogP contribution in [0.2, 0.25) is 0 Å². The van der Waals surface area contributed by atoms with E-state index in [0.29, 0.717) is 11.4 Å². The fraction of sp³-hybridized carbons (Fsp3) is 0.238. The highest BCUT2D eigenvalue weighted by Crippen LogP contribution is 2.36. The number of amides is 1. The van der Waals surface area contributed by atoms with Gasteiger partial charge in [0.1, 0.15) is 0 Å². The molecule has 156 valence electrons. The molecule has 9 heteroatoms. The van der Waals surface area contributed by atoms with Gasteiger partial charge in [0.25, 0.3) is 11.6 Å². The van der Waals surface area contributed by atoms with Crippen molar-refractivity contribution in [2.75, 3.05) is 20.6 Å². The topological polar surface area (TPSA) is 88.4 Å². The van der Waals surface area contributed by atoms with E-state index in [1.54, 1.807) is 12.1 Å². The molecule has 0 unspecified atom stereocenters. The van der Waals surface area contributed by atoms with Gasteiger partial charge in [-0.3, -0.25) is 14.9 Å². The number of nitro groups is 1. The lowest BCUT2D eigenvalue weighted by Gasteiger charge is -2.25. The predicted molar refractivity (Wildman–Crippen MR) is 119 cm³/mol. The molecule has 0 saturated carbocycles. The van der Waals surface area contributed by atoms with Gasteiger partial charge >= 0.3 is 0 Å². The van der Waals surface area contributed by atoms with Gasteiger partial charge in [0.2, 0.25) is 0 Å². The molecular weight excluding hydrogens is 420 g/mol. The summed E-state index contributed by atoms with van der Waals surface area (Å²) in [5.74, 6) is -0.345. The highest BCUT2D eigenvalue weighted by atomic mass is 32.2. The predicted octanol–water partition coefficient (Wildman–Crippen LogP) is 4.54. The van der Waals surface area contributed by atoms with Crippen LogP contribution in [-0.2, 0) is 0 Å². The van der Waals surface area contributed by atoms with E-state index >= 15 is 0 Å². The summed E-state index contributed by atoms with van der Waals surface area (Å²) in [7, 11) is 3.89. The first-order valence-electron chi connectivity index (χ1n) is 9.23. The van der Waals surface area contributed by atoms with Crippen LogP contribution in [0.4, 0.5) is 5.69 Å². The van der Waals surface area contributed by atoms with Gasteiger partial charge in [-0.2, -0.15) is 0 Å². The van der Waals surface area contributed by atoms with Crippen LogP contribution < -0.4 is 5.32 Å². The summed E-state index contributed by atoms with van der Waals surface area (Å²) < 4.78 is 0.726. The molecule has 0 aliphatic heterocycles. The molecule has 0 fully saturated rings. The molecule has 1 atom stereocenters. The van der Waals surface area contributed by atoms with Gasteiger partial charge < -0.3 is 10.2 Å². The number of nitrogens with zero attached hydrogens (tertiary/aromatic N) is 3. The number of carbonyl (C=O) groups excluding carboxylic acids is 1. The molecule has 1 amide bonds. The normalized spacial score (nSPS) is 12.0. The second kappa shape index (κ2) is 9.84. The average Bonchev–Trinajstić information content (AvgIpc) is 3.13. The van der Waals surface area contributed by atoms with Gasteiger partial charge in [-0.1, -0.05) is 42.1 Å². The van der Waals surface area contributed by atoms with Crippen LogP contribution in [0.1, 0.15) is 27.7 Å². The van der Waals surface area contributed by atoms with E-state index in [2.05, 4.69) is 10.3 Å². The van der Waals surface area contributed by atoms with Gasteiger partial charge in [-0.05, 0) is 38.7 Å². The first-order valence-corrected chi connectivity index (χ1v) is 10.9. The minimum absolute atomic E-state index is 0.00638. The summed E-state index contributed by atoms with van der Waals surface area (Å²) in [6.07, 6.45) is 0. The molecule has 0 aliphatic rings. The van der Waals surface area contributed by atoms with Crippen LogP contribution in [0, 0.1) is 17.0 Å². The van der Waals surface area contributed by atoms with E-state index in [-0.39, 0.29) is 23.2 Å². The Morgan fingerprint density at radius 2 is 2.00 bits per heavy atom. The third kappa shape index (κ3) is 5.44. The summed E-state index contributed by atoms with van der Waals surface area (Å²) in [5, 5.41) is 16.4. The van der Waals surface area contributed by atoms with E-state index in [1.807, 2.05) is 61.6 Å². The lowest BCUT2D eigenvalue weighted by molar-refractivity contribution is -0.387. The van der Waals surface area contributed by atoms with Gasteiger partial charge in [0, 0.05) is 29.2 Å². The molecule has 3 aromatic rings. The molecule has 0 saturated heterocycles. The van der Waals surface area contributed by atoms with Crippen LogP contribution in [0.15, 0.2) is 63.1 Å². The van der Waals surface area contributed by atoms with Crippen LogP contribution >= 0.6 is 23.1 Å². The zero-order valence-electron chi connectivity index (χ0n) is 16.9. The minimum atomic E-state index is -0.466. The zero-order valence-corrected chi connectivity index (χ0v) is 18.5. The van der Waals surface area contributed by atoms with Crippen LogP contribution in [0.5, 0.6) is 0 Å². The molecule has 2 aromatic carbocycles. The van der Waals surface area contributed by atoms with Crippen LogP contribution in [0.25, 0.3) is 0 Å². The summed E-state index contributed by atoms with van der Waals surface area (Å²) in [6.45, 7) is 2.26. The third-order valence-corrected chi connectivity index (χ3v) is 6.60. The summed E-state index contributed by atoms with van der Waals surface area (Å²) in [6, 6.07) is 14.4. The van der Waals surface area contributed by atoms with Crippen molar-refractivity contribution in [2.45, 2.75) is 22.2 Å². The number of nitro benzene ring substituents is 1. The van der Waals surface area contributed by atoms with Gasteiger partial charge in [-0.15, -0.1) is 11.3 Å². The molecule has 0 radical (unpaired) electrons. The summed E-state index contributed by atoms with van der Waals surface area (Å²) >= 11 is 2.66. The second-order valence-corrected chi connectivity index (χ2v) is 9.04. The van der Waals surface area contributed by atoms with Crippen molar-refractivity contribution in [1.82, 2.24) is 15.2 Å². The maximum atomic E-state index is 12.7. The highest BCUT2D eigenvalue weighted by molar-refractivity contribution is 8.01. The molecule has 1 N–H and O–H groups in total. The Bertz CT molecular complexity index is 1040. The maximum Gasteiger partial charge on any atom is 0.284 e. The van der Waals surface area contributed by atoms with Crippen molar-refractivity contribution < 1.29 is 9.72 Å². The molecule has 0 spiro atoms. The first kappa shape index (κ1) is 21.9. The molecule has 30 heavy (non-hydrogen) atoms. The number of likely N-dealkylation sites (N-methyl/N-ethyl adjacent to an activating group) is 1. The molecule has 0 bridgehead atoms. The molecule has 0 aliphatic carbocycles. The molecule has 1 heterocycles. The van der Waals surface area contributed by atoms with Gasteiger partial charge in [0.15, 0.2) is 4.34 Å². The second-order valence-electron chi connectivity index (χ2n) is 6.90. The first-order chi connectivity index (χ1) is 14.3. The number of hydrogen-bond donors (Lipinski definition) is 1. The van der Waals surface area contributed by atoms with Gasteiger partial charge in [-0.25, -0.2) is 4.98 Å². The fourth-order valence-electron chi connectivity index (χ4n) is 2.93. The van der Waals surface area contributed by atoms with Crippen molar-refractivity contribution in [1.29, 1.82) is 0 Å². The van der Waals surface area contributed by atoms with Crippen molar-refractivity contribution in [3.05, 3.63) is 80.8 Å². The number of thiazole rings is 1. The largest absolute Gasteiger partial charge is 0.350 e. The number of aryl methyl sites for hydroxylation is 1. The Labute approximate surface area is 183 Å². The number of rotatable bonds is 8. The van der Waals surface area contributed by atoms with Crippen molar-refractivity contribution in [3.8, 4) is 0 Å². The quantitative estimate of drug-likeness (QED) is 0.407. The Morgan fingerprint density at radius 1 is 1.27 bits per heavy atom. The van der Waals surface area contributed by atoms with Crippen LogP contribution in [-0.4, -0.2) is 41.4 Å². The summed E-state index contributed by atoms with van der Waals surface area (Å²) in [5.41, 5.74) is 2.11. The Balaban J connectivity index is 1.75. The van der Waals surface area contributed by atoms with E-state index in [9.17, 15) is 14.9 Å². The lowest BCUT2D eigenvalue weighted by Crippen LogP contribution is -2.34. The number of hydrogen-bond acceptors (Lipinski definition) is 7. The minimum Gasteiger partial charge on any atom is -0.350 e. The van der Waals surface area contributed by atoms with Crippen molar-refractivity contribution in [3.63, 3.8) is 0 Å². The molecular formula is C21H22N4O3S2.